The number of nitrogens with one attached hydrogen (secondary N) is 2. The van der Waals surface area contributed by atoms with Gasteiger partial charge in [-0.2, -0.15) is 4.31 Å². The molecule has 2 amide bonds. The lowest BCUT2D eigenvalue weighted by atomic mass is 9.98. The molecule has 4 rings (SSSR count). The van der Waals surface area contributed by atoms with Gasteiger partial charge < -0.3 is 15.2 Å². The molecule has 1 aromatic heterocycles. The first kappa shape index (κ1) is 23.5. The Bertz CT molecular complexity index is 1100. The Morgan fingerprint density at radius 1 is 1.03 bits per heavy atom. The normalized spacial score (nSPS) is 20.3. The number of H-pyrrole nitrogens is 1. The highest BCUT2D eigenvalue weighted by atomic mass is 32.2. The fraction of sp³-hybridized carbons (Fsp3) is 0.500. The summed E-state index contributed by atoms with van der Waals surface area (Å²) < 4.78 is 27.9. The van der Waals surface area contributed by atoms with Crippen molar-refractivity contribution in [2.75, 3.05) is 31.5 Å². The molecule has 0 bridgehead atoms. The molecule has 2 saturated heterocycles. The van der Waals surface area contributed by atoms with Crippen molar-refractivity contribution in [1.82, 2.24) is 14.2 Å². The summed E-state index contributed by atoms with van der Waals surface area (Å²) in [6.07, 6.45) is 6.79. The molecule has 0 radical (unpaired) electrons. The Labute approximate surface area is 195 Å². The van der Waals surface area contributed by atoms with Crippen LogP contribution in [0.25, 0.3) is 0 Å². The number of hydrogen-bond donors (Lipinski definition) is 2. The summed E-state index contributed by atoms with van der Waals surface area (Å²) in [6.45, 7) is 3.83. The number of sulfonamides is 1. The van der Waals surface area contributed by atoms with Gasteiger partial charge in [0, 0.05) is 38.1 Å². The Morgan fingerprint density at radius 3 is 2.52 bits per heavy atom. The maximum absolute atomic E-state index is 13.3. The molecule has 2 fully saturated rings. The van der Waals surface area contributed by atoms with Crippen LogP contribution in [-0.2, 0) is 14.8 Å². The highest BCUT2D eigenvalue weighted by molar-refractivity contribution is 7.89. The summed E-state index contributed by atoms with van der Waals surface area (Å²) >= 11 is 0. The highest BCUT2D eigenvalue weighted by Gasteiger charge is 2.34. The molecular formula is C24H32N4O4S. The summed E-state index contributed by atoms with van der Waals surface area (Å²) in [5.41, 5.74) is 2.04. The second-order valence-corrected chi connectivity index (χ2v) is 11.0. The molecule has 0 aliphatic carbocycles. The number of aromatic nitrogens is 1. The largest absolute Gasteiger partial charge is 0.356 e. The molecule has 0 saturated carbocycles. The van der Waals surface area contributed by atoms with E-state index in [1.54, 1.807) is 4.90 Å². The van der Waals surface area contributed by atoms with Gasteiger partial charge in [-0.1, -0.05) is 25.0 Å². The second-order valence-electron chi connectivity index (χ2n) is 9.02. The van der Waals surface area contributed by atoms with Crippen LogP contribution < -0.4 is 5.32 Å². The number of aromatic amines is 1. The van der Waals surface area contributed by atoms with Crippen LogP contribution in [0.4, 0.5) is 5.69 Å². The van der Waals surface area contributed by atoms with E-state index in [2.05, 4.69) is 10.3 Å². The first-order chi connectivity index (χ1) is 15.8. The molecule has 8 nitrogen and oxygen atoms in total. The number of likely N-dealkylation sites (tertiary alicyclic amines) is 1. The number of carbonyl (C=O) groups excluding carboxylic acids is 2. The second kappa shape index (κ2) is 10.1. The van der Waals surface area contributed by atoms with Crippen molar-refractivity contribution >= 4 is 27.5 Å². The minimum absolute atomic E-state index is 0.0698. The SMILES string of the molecule is Cc1cccc(NC(=O)C2CCCN(S(=O)(=O)c3c[nH]c(C(=O)N4CCCCCC4)c3)C2)c1. The summed E-state index contributed by atoms with van der Waals surface area (Å²) in [6, 6.07) is 8.97. The van der Waals surface area contributed by atoms with Gasteiger partial charge in [-0.3, -0.25) is 9.59 Å². The summed E-state index contributed by atoms with van der Waals surface area (Å²) in [5, 5.41) is 2.91. The molecule has 2 aromatic rings. The lowest BCUT2D eigenvalue weighted by molar-refractivity contribution is -0.120. The zero-order valence-corrected chi connectivity index (χ0v) is 19.9. The maximum atomic E-state index is 13.3. The van der Waals surface area contributed by atoms with E-state index in [1.807, 2.05) is 31.2 Å². The first-order valence-electron chi connectivity index (χ1n) is 11.7. The van der Waals surface area contributed by atoms with Gasteiger partial charge in [-0.25, -0.2) is 8.42 Å². The van der Waals surface area contributed by atoms with Gasteiger partial charge in [-0.05, 0) is 56.4 Å². The monoisotopic (exact) mass is 472 g/mol. The van der Waals surface area contributed by atoms with Crippen molar-refractivity contribution in [3.8, 4) is 0 Å². The topological polar surface area (TPSA) is 103 Å². The molecule has 2 N–H and O–H groups in total. The number of rotatable bonds is 5. The fourth-order valence-electron chi connectivity index (χ4n) is 4.58. The summed E-state index contributed by atoms with van der Waals surface area (Å²) in [7, 11) is -3.81. The van der Waals surface area contributed by atoms with Crippen LogP contribution in [0.1, 0.15) is 54.6 Å². The number of amides is 2. The van der Waals surface area contributed by atoms with Crippen molar-refractivity contribution in [1.29, 1.82) is 0 Å². The Kier molecular flexibility index (Phi) is 7.19. The predicted octanol–water partition coefficient (Wildman–Crippen LogP) is 3.38. The van der Waals surface area contributed by atoms with E-state index in [0.29, 0.717) is 43.9 Å². The van der Waals surface area contributed by atoms with E-state index < -0.39 is 15.9 Å². The molecule has 9 heteroatoms. The molecule has 3 heterocycles. The quantitative estimate of drug-likeness (QED) is 0.696. The van der Waals surface area contributed by atoms with Crippen LogP contribution in [0.5, 0.6) is 0 Å². The molecule has 1 unspecified atom stereocenters. The van der Waals surface area contributed by atoms with Gasteiger partial charge in [0.1, 0.15) is 10.6 Å². The third-order valence-electron chi connectivity index (χ3n) is 6.46. The van der Waals surface area contributed by atoms with Gasteiger partial charge >= 0.3 is 0 Å². The van der Waals surface area contributed by atoms with Crippen molar-refractivity contribution in [2.24, 2.45) is 5.92 Å². The fourth-order valence-corrected chi connectivity index (χ4v) is 6.10. The van der Waals surface area contributed by atoms with E-state index in [9.17, 15) is 18.0 Å². The van der Waals surface area contributed by atoms with Crippen LogP contribution in [0.3, 0.4) is 0 Å². The molecule has 0 spiro atoms. The summed E-state index contributed by atoms with van der Waals surface area (Å²) in [5.74, 6) is -0.759. The maximum Gasteiger partial charge on any atom is 0.270 e. The predicted molar refractivity (Wildman–Crippen MR) is 126 cm³/mol. The van der Waals surface area contributed by atoms with Gasteiger partial charge in [0.2, 0.25) is 15.9 Å². The number of anilines is 1. The van der Waals surface area contributed by atoms with Gasteiger partial charge in [0.25, 0.3) is 5.91 Å². The number of piperidine rings is 1. The average molecular weight is 473 g/mol. The summed E-state index contributed by atoms with van der Waals surface area (Å²) in [4.78, 5) is 30.4. The van der Waals surface area contributed by atoms with E-state index in [4.69, 9.17) is 0 Å². The molecular weight excluding hydrogens is 440 g/mol. The average Bonchev–Trinajstić information content (AvgIpc) is 3.16. The number of nitrogens with zero attached hydrogens (tertiary/aromatic N) is 2. The lowest BCUT2D eigenvalue weighted by Crippen LogP contribution is -2.43. The third-order valence-corrected chi connectivity index (χ3v) is 8.30. The Balaban J connectivity index is 1.43. The van der Waals surface area contributed by atoms with E-state index in [0.717, 1.165) is 31.2 Å². The van der Waals surface area contributed by atoms with E-state index in [1.165, 1.54) is 16.6 Å². The number of benzene rings is 1. The molecule has 178 valence electrons. The van der Waals surface area contributed by atoms with E-state index >= 15 is 0 Å². The first-order valence-corrected chi connectivity index (χ1v) is 13.1. The van der Waals surface area contributed by atoms with Crippen molar-refractivity contribution in [2.45, 2.75) is 50.3 Å². The molecule has 33 heavy (non-hydrogen) atoms. The number of hydrogen-bond acceptors (Lipinski definition) is 4. The van der Waals surface area contributed by atoms with Crippen LogP contribution in [0, 0.1) is 12.8 Å². The van der Waals surface area contributed by atoms with Crippen LogP contribution in [0.2, 0.25) is 0 Å². The van der Waals surface area contributed by atoms with Gasteiger partial charge in [0.05, 0.1) is 5.92 Å². The van der Waals surface area contributed by atoms with Crippen LogP contribution in [-0.4, -0.2) is 60.6 Å². The number of carbonyl (C=O) groups is 2. The van der Waals surface area contributed by atoms with Crippen molar-refractivity contribution in [3.63, 3.8) is 0 Å². The molecule has 2 aliphatic heterocycles. The van der Waals surface area contributed by atoms with Crippen LogP contribution >= 0.6 is 0 Å². The lowest BCUT2D eigenvalue weighted by Gasteiger charge is -2.31. The Morgan fingerprint density at radius 2 is 1.79 bits per heavy atom. The standard InChI is InChI=1S/C24H32N4O4S/c1-18-8-6-10-20(14-18)26-23(29)19-9-7-13-28(17-19)33(31,32)21-15-22(25-16-21)24(30)27-11-4-2-3-5-12-27/h6,8,10,14-16,19,25H,2-5,7,9,11-13,17H2,1H3,(H,26,29). The minimum atomic E-state index is -3.81. The van der Waals surface area contributed by atoms with E-state index in [-0.39, 0.29) is 23.3 Å². The zero-order chi connectivity index (χ0) is 23.4. The minimum Gasteiger partial charge on any atom is -0.356 e. The molecule has 1 atom stereocenters. The van der Waals surface area contributed by atoms with Gasteiger partial charge in [-0.15, -0.1) is 0 Å². The molecule has 1 aromatic carbocycles. The molecule has 2 aliphatic rings. The number of aryl methyl sites for hydroxylation is 1. The third kappa shape index (κ3) is 5.47. The highest BCUT2D eigenvalue weighted by Crippen LogP contribution is 2.26. The smallest absolute Gasteiger partial charge is 0.270 e. The zero-order valence-electron chi connectivity index (χ0n) is 19.0. The Hall–Kier alpha value is -2.65. The van der Waals surface area contributed by atoms with Crippen LogP contribution in [0.15, 0.2) is 41.4 Å². The van der Waals surface area contributed by atoms with Crippen molar-refractivity contribution in [3.05, 3.63) is 47.8 Å². The van der Waals surface area contributed by atoms with Gasteiger partial charge in [0.15, 0.2) is 0 Å². The van der Waals surface area contributed by atoms with Crippen molar-refractivity contribution < 1.29 is 18.0 Å².